The zero-order valence-corrected chi connectivity index (χ0v) is 9.07. The van der Waals surface area contributed by atoms with Gasteiger partial charge in [-0.2, -0.15) is 0 Å². The average molecular weight is 238 g/mol. The Morgan fingerprint density at radius 3 is 2.71 bits per heavy atom. The first-order chi connectivity index (χ1) is 8.18. The lowest BCUT2D eigenvalue weighted by Crippen LogP contribution is -2.03. The van der Waals surface area contributed by atoms with Crippen LogP contribution in [0.1, 0.15) is 23.8 Å². The van der Waals surface area contributed by atoms with Gasteiger partial charge < -0.3 is 9.52 Å². The summed E-state index contributed by atoms with van der Waals surface area (Å²) < 4.78 is 31.4. The third kappa shape index (κ3) is 2.71. The minimum Gasteiger partial charge on any atom is -0.469 e. The van der Waals surface area contributed by atoms with Crippen molar-refractivity contribution < 1.29 is 18.3 Å². The van der Waals surface area contributed by atoms with Crippen LogP contribution in [0.3, 0.4) is 0 Å². The molecule has 0 fully saturated rings. The molecule has 1 unspecified atom stereocenters. The summed E-state index contributed by atoms with van der Waals surface area (Å²) in [4.78, 5) is 0. The normalized spacial score (nSPS) is 12.6. The van der Waals surface area contributed by atoms with Crippen molar-refractivity contribution in [1.82, 2.24) is 0 Å². The molecule has 17 heavy (non-hydrogen) atoms. The van der Waals surface area contributed by atoms with E-state index in [2.05, 4.69) is 0 Å². The molecule has 0 radical (unpaired) electrons. The van der Waals surface area contributed by atoms with Crippen LogP contribution in [0.25, 0.3) is 0 Å². The van der Waals surface area contributed by atoms with Gasteiger partial charge in [0.1, 0.15) is 5.76 Å². The van der Waals surface area contributed by atoms with Gasteiger partial charge in [0.05, 0.1) is 12.4 Å². The molecule has 1 aromatic heterocycles. The topological polar surface area (TPSA) is 33.4 Å². The molecule has 0 aliphatic heterocycles. The zero-order valence-electron chi connectivity index (χ0n) is 9.07. The number of aryl methyl sites for hydroxylation is 1. The van der Waals surface area contributed by atoms with E-state index < -0.39 is 17.7 Å². The van der Waals surface area contributed by atoms with Crippen molar-refractivity contribution in [3.05, 3.63) is 59.6 Å². The fraction of sp³-hybridized carbons (Fsp3) is 0.231. The molecule has 0 aliphatic rings. The highest BCUT2D eigenvalue weighted by Crippen LogP contribution is 2.23. The van der Waals surface area contributed by atoms with Crippen LogP contribution in [-0.2, 0) is 6.42 Å². The molecule has 1 N–H and O–H groups in total. The number of aliphatic hydroxyl groups excluding tert-OH is 1. The second-order valence-corrected chi connectivity index (χ2v) is 3.78. The molecule has 1 atom stereocenters. The van der Waals surface area contributed by atoms with Gasteiger partial charge in [0.15, 0.2) is 11.6 Å². The molecule has 0 aliphatic carbocycles. The van der Waals surface area contributed by atoms with Gasteiger partial charge in [0.2, 0.25) is 0 Å². The van der Waals surface area contributed by atoms with E-state index in [0.717, 1.165) is 6.07 Å². The van der Waals surface area contributed by atoms with Gasteiger partial charge in [0, 0.05) is 12.0 Å². The quantitative estimate of drug-likeness (QED) is 0.887. The molecule has 0 saturated carbocycles. The molecule has 0 spiro atoms. The van der Waals surface area contributed by atoms with E-state index in [1.165, 1.54) is 18.4 Å². The summed E-state index contributed by atoms with van der Waals surface area (Å²) >= 11 is 0. The smallest absolute Gasteiger partial charge is 0.164 e. The summed E-state index contributed by atoms with van der Waals surface area (Å²) in [5.41, 5.74) is -0.0171. The van der Waals surface area contributed by atoms with E-state index in [1.807, 2.05) is 0 Å². The standard InChI is InChI=1S/C13H12F2O2/c14-11-5-1-4-10(13(11)15)12(16)7-6-9-3-2-8-17-9/h1-5,8,12,16H,6-7H2. The summed E-state index contributed by atoms with van der Waals surface area (Å²) in [6, 6.07) is 7.30. The Balaban J connectivity index is 2.04. The van der Waals surface area contributed by atoms with Crippen LogP contribution in [0.4, 0.5) is 8.78 Å². The van der Waals surface area contributed by atoms with Gasteiger partial charge >= 0.3 is 0 Å². The third-order valence-corrected chi connectivity index (χ3v) is 2.58. The Hall–Kier alpha value is -1.68. The molecule has 2 rings (SSSR count). The Morgan fingerprint density at radius 2 is 2.00 bits per heavy atom. The van der Waals surface area contributed by atoms with Gasteiger partial charge in [-0.3, -0.25) is 0 Å². The number of hydrogen-bond donors (Lipinski definition) is 1. The van der Waals surface area contributed by atoms with Crippen molar-refractivity contribution in [3.8, 4) is 0 Å². The molecule has 2 nitrogen and oxygen atoms in total. The SMILES string of the molecule is OC(CCc1ccco1)c1cccc(F)c1F. The molecule has 2 aromatic rings. The van der Waals surface area contributed by atoms with E-state index >= 15 is 0 Å². The molecule has 90 valence electrons. The van der Waals surface area contributed by atoms with Crippen molar-refractivity contribution in [1.29, 1.82) is 0 Å². The van der Waals surface area contributed by atoms with Gasteiger partial charge in [-0.15, -0.1) is 0 Å². The lowest BCUT2D eigenvalue weighted by atomic mass is 10.0. The summed E-state index contributed by atoms with van der Waals surface area (Å²) in [5.74, 6) is -1.22. The maximum Gasteiger partial charge on any atom is 0.164 e. The van der Waals surface area contributed by atoms with Gasteiger partial charge in [-0.1, -0.05) is 12.1 Å². The predicted octanol–water partition coefficient (Wildman–Crippen LogP) is 3.22. The van der Waals surface area contributed by atoms with E-state index in [0.29, 0.717) is 12.2 Å². The Morgan fingerprint density at radius 1 is 1.18 bits per heavy atom. The molecular weight excluding hydrogens is 226 g/mol. The fourth-order valence-electron chi connectivity index (χ4n) is 1.67. The monoisotopic (exact) mass is 238 g/mol. The molecule has 0 amide bonds. The van der Waals surface area contributed by atoms with Gasteiger partial charge in [-0.25, -0.2) is 8.78 Å². The number of benzene rings is 1. The Bertz CT molecular complexity index is 480. The number of rotatable bonds is 4. The largest absolute Gasteiger partial charge is 0.469 e. The van der Waals surface area contributed by atoms with Gasteiger partial charge in [-0.05, 0) is 24.6 Å². The lowest BCUT2D eigenvalue weighted by Gasteiger charge is -2.11. The van der Waals surface area contributed by atoms with Crippen molar-refractivity contribution in [2.24, 2.45) is 0 Å². The first-order valence-electron chi connectivity index (χ1n) is 5.33. The van der Waals surface area contributed by atoms with E-state index in [1.54, 1.807) is 12.1 Å². The highest BCUT2D eigenvalue weighted by atomic mass is 19.2. The lowest BCUT2D eigenvalue weighted by molar-refractivity contribution is 0.159. The third-order valence-electron chi connectivity index (χ3n) is 2.58. The molecular formula is C13H12F2O2. The molecule has 0 bridgehead atoms. The molecule has 0 saturated heterocycles. The van der Waals surface area contributed by atoms with Crippen molar-refractivity contribution in [2.75, 3.05) is 0 Å². The van der Waals surface area contributed by atoms with Crippen LogP contribution < -0.4 is 0 Å². The number of furan rings is 1. The average Bonchev–Trinajstić information content (AvgIpc) is 2.82. The summed E-state index contributed by atoms with van der Waals surface area (Å²) in [7, 11) is 0. The number of halogens is 2. The van der Waals surface area contributed by atoms with Crippen LogP contribution in [0, 0.1) is 11.6 Å². The van der Waals surface area contributed by atoms with Crippen LogP contribution in [0.15, 0.2) is 41.0 Å². The highest BCUT2D eigenvalue weighted by molar-refractivity contribution is 5.21. The number of aliphatic hydroxyl groups is 1. The van der Waals surface area contributed by atoms with Gasteiger partial charge in [0.25, 0.3) is 0 Å². The highest BCUT2D eigenvalue weighted by Gasteiger charge is 2.15. The Labute approximate surface area is 97.5 Å². The van der Waals surface area contributed by atoms with E-state index in [4.69, 9.17) is 4.42 Å². The maximum atomic E-state index is 13.4. The van der Waals surface area contributed by atoms with Crippen LogP contribution >= 0.6 is 0 Å². The van der Waals surface area contributed by atoms with Crippen molar-refractivity contribution in [3.63, 3.8) is 0 Å². The second-order valence-electron chi connectivity index (χ2n) is 3.78. The van der Waals surface area contributed by atoms with Crippen LogP contribution in [0.5, 0.6) is 0 Å². The van der Waals surface area contributed by atoms with Crippen molar-refractivity contribution >= 4 is 0 Å². The zero-order chi connectivity index (χ0) is 12.3. The van der Waals surface area contributed by atoms with Crippen LogP contribution in [-0.4, -0.2) is 5.11 Å². The molecule has 4 heteroatoms. The second kappa shape index (κ2) is 5.10. The minimum absolute atomic E-state index is 0.0171. The summed E-state index contributed by atoms with van der Waals surface area (Å²) in [6.45, 7) is 0. The van der Waals surface area contributed by atoms with Crippen molar-refractivity contribution in [2.45, 2.75) is 18.9 Å². The van der Waals surface area contributed by atoms with Crippen LogP contribution in [0.2, 0.25) is 0 Å². The Kier molecular flexibility index (Phi) is 3.54. The summed E-state index contributed by atoms with van der Waals surface area (Å²) in [6.07, 6.45) is 1.26. The predicted molar refractivity (Wildman–Crippen MR) is 58.3 cm³/mol. The van der Waals surface area contributed by atoms with E-state index in [-0.39, 0.29) is 12.0 Å². The first-order valence-corrected chi connectivity index (χ1v) is 5.33. The first kappa shape index (κ1) is 11.8. The fourth-order valence-corrected chi connectivity index (χ4v) is 1.67. The molecule has 1 heterocycles. The maximum absolute atomic E-state index is 13.4. The minimum atomic E-state index is -1.03. The molecule has 1 aromatic carbocycles. The number of hydrogen-bond acceptors (Lipinski definition) is 2. The van der Waals surface area contributed by atoms with E-state index in [9.17, 15) is 13.9 Å². The summed E-state index contributed by atoms with van der Waals surface area (Å²) in [5, 5.41) is 9.78.